The summed E-state index contributed by atoms with van der Waals surface area (Å²) in [5, 5.41) is 10.8. The van der Waals surface area contributed by atoms with Gasteiger partial charge in [-0.3, -0.25) is 5.10 Å². The quantitative estimate of drug-likeness (QED) is 0.748. The lowest BCUT2D eigenvalue weighted by molar-refractivity contribution is 0.416. The summed E-state index contributed by atoms with van der Waals surface area (Å²) in [6.07, 6.45) is 5.29. The van der Waals surface area contributed by atoms with Crippen molar-refractivity contribution in [1.29, 1.82) is 0 Å². The van der Waals surface area contributed by atoms with Gasteiger partial charge in [-0.25, -0.2) is 4.68 Å². The summed E-state index contributed by atoms with van der Waals surface area (Å²) in [5.74, 6) is 1.24. The molecule has 96 valence electrons. The third-order valence-electron chi connectivity index (χ3n) is 2.91. The second kappa shape index (κ2) is 4.49. The Bertz CT molecular complexity index is 687. The number of hydrogen-bond acceptors (Lipinski definition) is 4. The first-order valence-electron chi connectivity index (χ1n) is 5.77. The van der Waals surface area contributed by atoms with Crippen LogP contribution in [0.2, 0.25) is 0 Å². The Morgan fingerprint density at radius 2 is 2.21 bits per heavy atom. The monoisotopic (exact) mass is 255 g/mol. The van der Waals surface area contributed by atoms with Crippen molar-refractivity contribution in [2.24, 2.45) is 0 Å². The van der Waals surface area contributed by atoms with E-state index in [1.165, 1.54) is 0 Å². The van der Waals surface area contributed by atoms with E-state index < -0.39 is 0 Å². The van der Waals surface area contributed by atoms with E-state index in [2.05, 4.69) is 15.3 Å². The van der Waals surface area contributed by atoms with E-state index in [1.54, 1.807) is 24.2 Å². The summed E-state index contributed by atoms with van der Waals surface area (Å²) in [6.45, 7) is 0. The molecule has 3 N–H and O–H groups in total. The number of hydrogen-bond donors (Lipinski definition) is 2. The van der Waals surface area contributed by atoms with Crippen LogP contribution in [0.1, 0.15) is 0 Å². The predicted octanol–water partition coefficient (Wildman–Crippen LogP) is 1.85. The SMILES string of the molecule is COc1cc(-n2cccn2)ccc1-c1cn[nH]c1N. The lowest BCUT2D eigenvalue weighted by Crippen LogP contribution is -1.97. The van der Waals surface area contributed by atoms with Crippen molar-refractivity contribution in [3.63, 3.8) is 0 Å². The fourth-order valence-electron chi connectivity index (χ4n) is 1.98. The maximum Gasteiger partial charge on any atom is 0.129 e. The lowest BCUT2D eigenvalue weighted by atomic mass is 10.1. The highest BCUT2D eigenvalue weighted by molar-refractivity contribution is 5.78. The van der Waals surface area contributed by atoms with Crippen LogP contribution in [0.3, 0.4) is 0 Å². The Kier molecular flexibility index (Phi) is 2.68. The summed E-state index contributed by atoms with van der Waals surface area (Å²) in [5.41, 5.74) is 8.48. The predicted molar refractivity (Wildman–Crippen MR) is 72.1 cm³/mol. The third-order valence-corrected chi connectivity index (χ3v) is 2.91. The van der Waals surface area contributed by atoms with Crippen LogP contribution >= 0.6 is 0 Å². The summed E-state index contributed by atoms with van der Waals surface area (Å²) >= 11 is 0. The summed E-state index contributed by atoms with van der Waals surface area (Å²) in [6, 6.07) is 7.68. The molecule has 0 aliphatic rings. The normalized spacial score (nSPS) is 10.6. The number of nitrogens with zero attached hydrogens (tertiary/aromatic N) is 3. The van der Waals surface area contributed by atoms with Gasteiger partial charge in [-0.15, -0.1) is 0 Å². The molecular weight excluding hydrogens is 242 g/mol. The number of aromatic amines is 1. The van der Waals surface area contributed by atoms with Gasteiger partial charge in [0.25, 0.3) is 0 Å². The molecule has 3 aromatic rings. The number of nitrogen functional groups attached to an aromatic ring is 1. The van der Waals surface area contributed by atoms with Crippen molar-refractivity contribution >= 4 is 5.82 Å². The van der Waals surface area contributed by atoms with E-state index in [0.29, 0.717) is 5.82 Å². The molecule has 0 fully saturated rings. The van der Waals surface area contributed by atoms with Crippen molar-refractivity contribution in [1.82, 2.24) is 20.0 Å². The van der Waals surface area contributed by atoms with Gasteiger partial charge in [0.05, 0.1) is 19.0 Å². The van der Waals surface area contributed by atoms with Crippen molar-refractivity contribution in [2.75, 3.05) is 12.8 Å². The number of rotatable bonds is 3. The fourth-order valence-corrected chi connectivity index (χ4v) is 1.98. The molecule has 0 aliphatic heterocycles. The van der Waals surface area contributed by atoms with Crippen LogP contribution in [0.15, 0.2) is 42.9 Å². The molecular formula is C13H13N5O. The van der Waals surface area contributed by atoms with Crippen molar-refractivity contribution < 1.29 is 4.74 Å². The van der Waals surface area contributed by atoms with Crippen LogP contribution in [0.5, 0.6) is 5.75 Å². The Morgan fingerprint density at radius 1 is 1.32 bits per heavy atom. The first kappa shape index (κ1) is 11.3. The average molecular weight is 255 g/mol. The zero-order chi connectivity index (χ0) is 13.2. The number of H-pyrrole nitrogens is 1. The number of methoxy groups -OCH3 is 1. The van der Waals surface area contributed by atoms with Gasteiger partial charge in [0.15, 0.2) is 0 Å². The van der Waals surface area contributed by atoms with Crippen LogP contribution in [0.4, 0.5) is 5.82 Å². The molecule has 0 amide bonds. The number of anilines is 1. The highest BCUT2D eigenvalue weighted by Crippen LogP contribution is 2.33. The Labute approximate surface area is 109 Å². The largest absolute Gasteiger partial charge is 0.496 e. The third kappa shape index (κ3) is 1.93. The van der Waals surface area contributed by atoms with Gasteiger partial charge in [-0.05, 0) is 18.2 Å². The van der Waals surface area contributed by atoms with Gasteiger partial charge >= 0.3 is 0 Å². The minimum absolute atomic E-state index is 0.519. The second-order valence-electron chi connectivity index (χ2n) is 4.03. The molecule has 0 radical (unpaired) electrons. The Morgan fingerprint density at radius 3 is 2.84 bits per heavy atom. The molecule has 6 nitrogen and oxygen atoms in total. The molecule has 0 saturated carbocycles. The molecule has 0 aliphatic carbocycles. The van der Waals surface area contributed by atoms with Gasteiger partial charge in [-0.2, -0.15) is 10.2 Å². The highest BCUT2D eigenvalue weighted by atomic mass is 16.5. The second-order valence-corrected chi connectivity index (χ2v) is 4.03. The molecule has 0 bridgehead atoms. The summed E-state index contributed by atoms with van der Waals surface area (Å²) in [7, 11) is 1.63. The number of benzene rings is 1. The topological polar surface area (TPSA) is 81.8 Å². The summed E-state index contributed by atoms with van der Waals surface area (Å²) < 4.78 is 7.19. The van der Waals surface area contributed by atoms with E-state index in [-0.39, 0.29) is 0 Å². The zero-order valence-corrected chi connectivity index (χ0v) is 10.4. The van der Waals surface area contributed by atoms with E-state index >= 15 is 0 Å². The zero-order valence-electron chi connectivity index (χ0n) is 10.4. The van der Waals surface area contributed by atoms with Gasteiger partial charge in [0.2, 0.25) is 0 Å². The summed E-state index contributed by atoms with van der Waals surface area (Å²) in [4.78, 5) is 0. The molecule has 19 heavy (non-hydrogen) atoms. The molecule has 0 atom stereocenters. The molecule has 0 unspecified atom stereocenters. The molecule has 0 spiro atoms. The first-order valence-corrected chi connectivity index (χ1v) is 5.77. The smallest absolute Gasteiger partial charge is 0.129 e. The van der Waals surface area contributed by atoms with E-state index in [0.717, 1.165) is 22.6 Å². The number of ether oxygens (including phenoxy) is 1. The highest BCUT2D eigenvalue weighted by Gasteiger charge is 2.12. The maximum absolute atomic E-state index is 5.84. The molecule has 2 aromatic heterocycles. The fraction of sp³-hybridized carbons (Fsp3) is 0.0769. The minimum Gasteiger partial charge on any atom is -0.496 e. The number of nitrogens with two attached hydrogens (primary N) is 1. The van der Waals surface area contributed by atoms with Gasteiger partial charge < -0.3 is 10.5 Å². The van der Waals surface area contributed by atoms with Crippen LogP contribution in [-0.2, 0) is 0 Å². The molecule has 2 heterocycles. The van der Waals surface area contributed by atoms with Gasteiger partial charge in [-0.1, -0.05) is 0 Å². The standard InChI is InChI=1S/C13H13N5O/c1-19-12-7-9(18-6-2-5-16-18)3-4-10(12)11-8-15-17-13(11)14/h2-8H,1H3,(H3,14,15,17). The number of aromatic nitrogens is 4. The van der Waals surface area contributed by atoms with E-state index in [9.17, 15) is 0 Å². The van der Waals surface area contributed by atoms with Gasteiger partial charge in [0, 0.05) is 29.6 Å². The minimum atomic E-state index is 0.519. The van der Waals surface area contributed by atoms with Crippen molar-refractivity contribution in [3.05, 3.63) is 42.9 Å². The van der Waals surface area contributed by atoms with E-state index in [1.807, 2.05) is 30.5 Å². The van der Waals surface area contributed by atoms with Crippen molar-refractivity contribution in [3.8, 4) is 22.6 Å². The molecule has 6 heteroatoms. The van der Waals surface area contributed by atoms with Crippen LogP contribution < -0.4 is 10.5 Å². The van der Waals surface area contributed by atoms with Gasteiger partial charge in [0.1, 0.15) is 11.6 Å². The lowest BCUT2D eigenvalue weighted by Gasteiger charge is -2.10. The van der Waals surface area contributed by atoms with Crippen LogP contribution in [0.25, 0.3) is 16.8 Å². The Hall–Kier alpha value is -2.76. The van der Waals surface area contributed by atoms with E-state index in [4.69, 9.17) is 10.5 Å². The molecule has 1 aromatic carbocycles. The molecule has 0 saturated heterocycles. The first-order chi connectivity index (χ1) is 9.29. The average Bonchev–Trinajstić information content (AvgIpc) is 3.09. The number of nitrogens with one attached hydrogen (secondary N) is 1. The van der Waals surface area contributed by atoms with Crippen LogP contribution in [0, 0.1) is 0 Å². The van der Waals surface area contributed by atoms with Crippen molar-refractivity contribution in [2.45, 2.75) is 0 Å². The van der Waals surface area contributed by atoms with Crippen LogP contribution in [-0.4, -0.2) is 27.1 Å². The maximum atomic E-state index is 5.84. The Balaban J connectivity index is 2.11. The molecule has 3 rings (SSSR count).